The van der Waals surface area contributed by atoms with Crippen LogP contribution in [0.4, 0.5) is 13.2 Å². The van der Waals surface area contributed by atoms with E-state index < -0.39 is 23.1 Å². The molecule has 1 aromatic carbocycles. The van der Waals surface area contributed by atoms with Gasteiger partial charge in [0.25, 0.3) is 0 Å². The minimum atomic E-state index is -4.53. The molecule has 104 valence electrons. The van der Waals surface area contributed by atoms with Crippen LogP contribution in [0, 0.1) is 0 Å². The van der Waals surface area contributed by atoms with Crippen molar-refractivity contribution >= 4 is 21.9 Å². The fourth-order valence-electron chi connectivity index (χ4n) is 2.04. The monoisotopic (exact) mass is 338 g/mol. The molecule has 0 radical (unpaired) electrons. The normalized spacial score (nSPS) is 17.1. The highest BCUT2D eigenvalue weighted by Gasteiger charge is 2.54. The summed E-state index contributed by atoms with van der Waals surface area (Å²) >= 11 is 3.00. The molecular formula is C12H10BrF3O3. The summed E-state index contributed by atoms with van der Waals surface area (Å²) in [7, 11) is 1.30. The highest BCUT2D eigenvalue weighted by atomic mass is 79.9. The Kier molecular flexibility index (Phi) is 3.28. The molecule has 0 heterocycles. The number of halogens is 4. The van der Waals surface area contributed by atoms with Crippen molar-refractivity contribution < 1.29 is 27.8 Å². The molecule has 1 aromatic rings. The largest absolute Gasteiger partial charge is 0.495 e. The molecule has 7 heteroatoms. The lowest BCUT2D eigenvalue weighted by molar-refractivity contribution is -0.141. The van der Waals surface area contributed by atoms with Gasteiger partial charge >= 0.3 is 12.1 Å². The summed E-state index contributed by atoms with van der Waals surface area (Å²) in [6, 6.07) is 1.75. The Balaban J connectivity index is 2.65. The maximum absolute atomic E-state index is 12.8. The lowest BCUT2D eigenvalue weighted by Gasteiger charge is -2.18. The zero-order valence-electron chi connectivity index (χ0n) is 9.84. The highest BCUT2D eigenvalue weighted by molar-refractivity contribution is 9.10. The molecule has 1 fully saturated rings. The number of hydrogen-bond acceptors (Lipinski definition) is 2. The Morgan fingerprint density at radius 2 is 2.00 bits per heavy atom. The summed E-state index contributed by atoms with van der Waals surface area (Å²) in [6.07, 6.45) is -3.91. The van der Waals surface area contributed by atoms with Gasteiger partial charge in [0.1, 0.15) is 5.75 Å². The van der Waals surface area contributed by atoms with Crippen LogP contribution in [0.5, 0.6) is 5.75 Å². The second-order valence-corrected chi connectivity index (χ2v) is 5.28. The van der Waals surface area contributed by atoms with Gasteiger partial charge in [-0.25, -0.2) is 0 Å². The van der Waals surface area contributed by atoms with Crippen LogP contribution in [-0.4, -0.2) is 18.2 Å². The number of carboxylic acid groups (broad SMARTS) is 1. The molecule has 0 saturated heterocycles. The minimum Gasteiger partial charge on any atom is -0.495 e. The third-order valence-electron chi connectivity index (χ3n) is 3.25. The third kappa shape index (κ3) is 2.31. The Labute approximate surface area is 115 Å². The number of rotatable bonds is 3. The molecule has 1 N–H and O–H groups in total. The number of carboxylic acids is 1. The fraction of sp³-hybridized carbons (Fsp3) is 0.417. The van der Waals surface area contributed by atoms with E-state index in [0.29, 0.717) is 12.8 Å². The molecule has 19 heavy (non-hydrogen) atoms. The molecule has 1 aliphatic rings. The molecule has 0 bridgehead atoms. The van der Waals surface area contributed by atoms with Crippen molar-refractivity contribution in [1.82, 2.24) is 0 Å². The first-order valence-electron chi connectivity index (χ1n) is 5.41. The van der Waals surface area contributed by atoms with Crippen LogP contribution in [-0.2, 0) is 16.4 Å². The fourth-order valence-corrected chi connectivity index (χ4v) is 2.67. The maximum atomic E-state index is 12.8. The Bertz CT molecular complexity index is 536. The van der Waals surface area contributed by atoms with E-state index in [-0.39, 0.29) is 15.8 Å². The van der Waals surface area contributed by atoms with Crippen molar-refractivity contribution in [2.24, 2.45) is 0 Å². The quantitative estimate of drug-likeness (QED) is 0.916. The predicted molar refractivity (Wildman–Crippen MR) is 64.2 cm³/mol. The molecule has 0 aromatic heterocycles. The van der Waals surface area contributed by atoms with Crippen molar-refractivity contribution in [3.63, 3.8) is 0 Å². The van der Waals surface area contributed by atoms with Gasteiger partial charge in [-0.05, 0) is 40.9 Å². The minimum absolute atomic E-state index is 0.0733. The van der Waals surface area contributed by atoms with Crippen LogP contribution in [0.3, 0.4) is 0 Å². The van der Waals surface area contributed by atoms with Crippen LogP contribution in [0.25, 0.3) is 0 Å². The van der Waals surface area contributed by atoms with E-state index in [1.54, 1.807) is 0 Å². The number of carbonyl (C=O) groups is 1. The lowest BCUT2D eigenvalue weighted by Crippen LogP contribution is -2.21. The van der Waals surface area contributed by atoms with Crippen LogP contribution >= 0.6 is 15.9 Å². The Hall–Kier alpha value is -1.24. The molecule has 1 aliphatic carbocycles. The zero-order chi connectivity index (χ0) is 14.4. The van der Waals surface area contributed by atoms with Crippen LogP contribution in [0.2, 0.25) is 0 Å². The lowest BCUT2D eigenvalue weighted by atomic mass is 9.93. The van der Waals surface area contributed by atoms with E-state index in [0.717, 1.165) is 12.1 Å². The number of ether oxygens (including phenoxy) is 1. The van der Waals surface area contributed by atoms with Crippen molar-refractivity contribution in [3.05, 3.63) is 27.7 Å². The molecule has 0 amide bonds. The number of benzene rings is 1. The summed E-state index contributed by atoms with van der Waals surface area (Å²) in [6.45, 7) is 0. The number of hydrogen-bond donors (Lipinski definition) is 1. The first kappa shape index (κ1) is 14.2. The zero-order valence-corrected chi connectivity index (χ0v) is 11.4. The van der Waals surface area contributed by atoms with Crippen LogP contribution < -0.4 is 4.74 Å². The van der Waals surface area contributed by atoms with Crippen molar-refractivity contribution in [1.29, 1.82) is 0 Å². The SMILES string of the molecule is COc1c(Br)cc(C(F)(F)F)cc1C1(C(=O)O)CC1. The number of alkyl halides is 3. The van der Waals surface area contributed by atoms with Gasteiger partial charge < -0.3 is 9.84 Å². The van der Waals surface area contributed by atoms with Gasteiger partial charge in [0.15, 0.2) is 0 Å². The van der Waals surface area contributed by atoms with Crippen LogP contribution in [0.15, 0.2) is 16.6 Å². The third-order valence-corrected chi connectivity index (χ3v) is 3.84. The highest BCUT2D eigenvalue weighted by Crippen LogP contribution is 2.54. The second-order valence-electron chi connectivity index (χ2n) is 4.42. The van der Waals surface area contributed by atoms with Gasteiger partial charge in [0, 0.05) is 5.56 Å². The number of aliphatic carboxylic acids is 1. The summed E-state index contributed by atoms with van der Waals surface area (Å²) in [4.78, 5) is 11.3. The Morgan fingerprint density at radius 3 is 2.37 bits per heavy atom. The molecule has 0 atom stereocenters. The first-order chi connectivity index (χ1) is 8.72. The molecule has 0 unspecified atom stereocenters. The summed E-state index contributed by atoms with van der Waals surface area (Å²) in [5, 5.41) is 9.21. The maximum Gasteiger partial charge on any atom is 0.416 e. The van der Waals surface area contributed by atoms with Crippen molar-refractivity contribution in [3.8, 4) is 5.75 Å². The smallest absolute Gasteiger partial charge is 0.416 e. The van der Waals surface area contributed by atoms with E-state index >= 15 is 0 Å². The van der Waals surface area contributed by atoms with E-state index in [9.17, 15) is 23.1 Å². The Morgan fingerprint density at radius 1 is 1.42 bits per heavy atom. The van der Waals surface area contributed by atoms with E-state index in [2.05, 4.69) is 15.9 Å². The molecule has 2 rings (SSSR count). The molecular weight excluding hydrogens is 329 g/mol. The first-order valence-corrected chi connectivity index (χ1v) is 6.20. The van der Waals surface area contributed by atoms with E-state index in [1.807, 2.05) is 0 Å². The molecule has 3 nitrogen and oxygen atoms in total. The second kappa shape index (κ2) is 4.40. The van der Waals surface area contributed by atoms with Gasteiger partial charge in [0.05, 0.1) is 22.6 Å². The molecule has 1 saturated carbocycles. The summed E-state index contributed by atoms with van der Waals surface area (Å²) in [5.74, 6) is -0.982. The van der Waals surface area contributed by atoms with Gasteiger partial charge in [-0.2, -0.15) is 13.2 Å². The van der Waals surface area contributed by atoms with Gasteiger partial charge in [-0.3, -0.25) is 4.79 Å². The summed E-state index contributed by atoms with van der Waals surface area (Å²) < 4.78 is 43.5. The standard InChI is InChI=1S/C12H10BrF3O3/c1-19-9-7(11(2-3-11)10(17)18)4-6(5-8(9)13)12(14,15)16/h4-5H,2-3H2,1H3,(H,17,18). The predicted octanol–water partition coefficient (Wildman–Crippen LogP) is 3.59. The average Bonchev–Trinajstić information content (AvgIpc) is 3.07. The van der Waals surface area contributed by atoms with Crippen molar-refractivity contribution in [2.75, 3.05) is 7.11 Å². The van der Waals surface area contributed by atoms with Gasteiger partial charge in [-0.1, -0.05) is 0 Å². The molecule has 0 aliphatic heterocycles. The van der Waals surface area contributed by atoms with Crippen molar-refractivity contribution in [2.45, 2.75) is 24.4 Å². The average molecular weight is 339 g/mol. The van der Waals surface area contributed by atoms with Gasteiger partial charge in [-0.15, -0.1) is 0 Å². The topological polar surface area (TPSA) is 46.5 Å². The molecule has 0 spiro atoms. The number of methoxy groups -OCH3 is 1. The van der Waals surface area contributed by atoms with E-state index in [1.165, 1.54) is 7.11 Å². The summed E-state index contributed by atoms with van der Waals surface area (Å²) in [5.41, 5.74) is -2.07. The van der Waals surface area contributed by atoms with E-state index in [4.69, 9.17) is 4.74 Å². The van der Waals surface area contributed by atoms with Gasteiger partial charge in [0.2, 0.25) is 0 Å². The van der Waals surface area contributed by atoms with Crippen LogP contribution in [0.1, 0.15) is 24.0 Å².